The van der Waals surface area contributed by atoms with Crippen molar-refractivity contribution in [2.24, 2.45) is 5.73 Å². The van der Waals surface area contributed by atoms with Crippen LogP contribution in [-0.2, 0) is 6.54 Å². The molecule has 0 aliphatic rings. The minimum absolute atomic E-state index is 0.490. The molecule has 0 atom stereocenters. The Hall–Kier alpha value is -1.35. The van der Waals surface area contributed by atoms with Gasteiger partial charge in [-0.3, -0.25) is 5.10 Å². The summed E-state index contributed by atoms with van der Waals surface area (Å²) in [6, 6.07) is 7.96. The summed E-state index contributed by atoms with van der Waals surface area (Å²) in [5.41, 5.74) is 7.46. The third kappa shape index (κ3) is 0.897. The number of H-pyrrole nitrogens is 1. The van der Waals surface area contributed by atoms with Crippen LogP contribution in [0.15, 0.2) is 24.3 Å². The van der Waals surface area contributed by atoms with Crippen LogP contribution in [0.1, 0.15) is 5.69 Å². The van der Waals surface area contributed by atoms with E-state index in [-0.39, 0.29) is 0 Å². The SMILES string of the molecule is NCc1n[nH]c2ccccc12. The molecule has 1 heterocycles. The van der Waals surface area contributed by atoms with Crippen molar-refractivity contribution in [1.82, 2.24) is 10.2 Å². The van der Waals surface area contributed by atoms with Crippen LogP contribution >= 0.6 is 0 Å². The van der Waals surface area contributed by atoms with Crippen LogP contribution in [0.25, 0.3) is 10.9 Å². The summed E-state index contributed by atoms with van der Waals surface area (Å²) in [5, 5.41) is 8.09. The fourth-order valence-corrected chi connectivity index (χ4v) is 1.18. The third-order valence-corrected chi connectivity index (χ3v) is 1.74. The number of aromatic nitrogens is 2. The highest BCUT2D eigenvalue weighted by atomic mass is 15.1. The van der Waals surface area contributed by atoms with Gasteiger partial charge in [0.15, 0.2) is 0 Å². The predicted molar refractivity (Wildman–Crippen MR) is 44.0 cm³/mol. The van der Waals surface area contributed by atoms with Crippen LogP contribution < -0.4 is 5.73 Å². The maximum atomic E-state index is 5.48. The van der Waals surface area contributed by atoms with Crippen LogP contribution in [0.5, 0.6) is 0 Å². The molecule has 3 heteroatoms. The van der Waals surface area contributed by atoms with Crippen molar-refractivity contribution in [1.29, 1.82) is 0 Å². The number of aromatic amines is 1. The van der Waals surface area contributed by atoms with E-state index in [1.807, 2.05) is 24.3 Å². The molecular weight excluding hydrogens is 138 g/mol. The Balaban J connectivity index is 2.76. The number of nitrogens with one attached hydrogen (secondary N) is 1. The monoisotopic (exact) mass is 147 g/mol. The van der Waals surface area contributed by atoms with Gasteiger partial charge in [0.25, 0.3) is 0 Å². The lowest BCUT2D eigenvalue weighted by molar-refractivity contribution is 0.959. The average molecular weight is 147 g/mol. The Kier molecular flexibility index (Phi) is 1.36. The van der Waals surface area contributed by atoms with Crippen molar-refractivity contribution in [2.75, 3.05) is 0 Å². The van der Waals surface area contributed by atoms with Crippen LogP contribution in [0, 0.1) is 0 Å². The molecule has 0 bridgehead atoms. The Morgan fingerprint density at radius 3 is 3.00 bits per heavy atom. The quantitative estimate of drug-likeness (QED) is 0.632. The predicted octanol–water partition coefficient (Wildman–Crippen LogP) is 1.02. The van der Waals surface area contributed by atoms with Gasteiger partial charge in [0.05, 0.1) is 11.2 Å². The Morgan fingerprint density at radius 2 is 2.18 bits per heavy atom. The summed E-state index contributed by atoms with van der Waals surface area (Å²) in [6.07, 6.45) is 0. The van der Waals surface area contributed by atoms with Gasteiger partial charge in [-0.1, -0.05) is 18.2 Å². The highest BCUT2D eigenvalue weighted by Gasteiger charge is 2.00. The van der Waals surface area contributed by atoms with Gasteiger partial charge in [0.2, 0.25) is 0 Å². The van der Waals surface area contributed by atoms with E-state index in [0.29, 0.717) is 6.54 Å². The van der Waals surface area contributed by atoms with Crippen LogP contribution in [0.2, 0.25) is 0 Å². The number of benzene rings is 1. The fraction of sp³-hybridized carbons (Fsp3) is 0.125. The molecule has 2 aromatic rings. The first kappa shape index (κ1) is 6.37. The van der Waals surface area contributed by atoms with Gasteiger partial charge in [-0.15, -0.1) is 0 Å². The maximum Gasteiger partial charge on any atom is 0.0836 e. The standard InChI is InChI=1S/C8H9N3/c9-5-8-6-3-1-2-4-7(6)10-11-8/h1-4H,5,9H2,(H,10,11). The second-order valence-electron chi connectivity index (χ2n) is 2.42. The van der Waals surface area contributed by atoms with Gasteiger partial charge in [0, 0.05) is 11.9 Å². The average Bonchev–Trinajstić information content (AvgIpc) is 2.47. The topological polar surface area (TPSA) is 54.7 Å². The first-order valence-electron chi connectivity index (χ1n) is 3.54. The summed E-state index contributed by atoms with van der Waals surface area (Å²) in [7, 11) is 0. The van der Waals surface area contributed by atoms with Gasteiger partial charge in [-0.25, -0.2) is 0 Å². The highest BCUT2D eigenvalue weighted by molar-refractivity contribution is 5.80. The molecule has 0 unspecified atom stereocenters. The number of nitrogens with zero attached hydrogens (tertiary/aromatic N) is 1. The zero-order valence-corrected chi connectivity index (χ0v) is 6.04. The largest absolute Gasteiger partial charge is 0.325 e. The van der Waals surface area contributed by atoms with Crippen molar-refractivity contribution < 1.29 is 0 Å². The van der Waals surface area contributed by atoms with Crippen molar-refractivity contribution in [3.63, 3.8) is 0 Å². The number of rotatable bonds is 1. The lowest BCUT2D eigenvalue weighted by Gasteiger charge is -1.88. The smallest absolute Gasteiger partial charge is 0.0836 e. The molecular formula is C8H9N3. The number of hydrogen-bond acceptors (Lipinski definition) is 2. The van der Waals surface area contributed by atoms with E-state index in [1.54, 1.807) is 0 Å². The first-order chi connectivity index (χ1) is 5.42. The molecule has 0 spiro atoms. The van der Waals surface area contributed by atoms with Gasteiger partial charge >= 0.3 is 0 Å². The molecule has 0 amide bonds. The molecule has 1 aromatic carbocycles. The van der Waals surface area contributed by atoms with E-state index in [4.69, 9.17) is 5.73 Å². The van der Waals surface area contributed by atoms with Crippen molar-refractivity contribution in [2.45, 2.75) is 6.54 Å². The van der Waals surface area contributed by atoms with Crippen LogP contribution in [-0.4, -0.2) is 10.2 Å². The van der Waals surface area contributed by atoms with E-state index < -0.39 is 0 Å². The molecule has 0 aliphatic carbocycles. The van der Waals surface area contributed by atoms with Crippen LogP contribution in [0.4, 0.5) is 0 Å². The fourth-order valence-electron chi connectivity index (χ4n) is 1.18. The van der Waals surface area contributed by atoms with E-state index in [1.165, 1.54) is 0 Å². The van der Waals surface area contributed by atoms with E-state index in [0.717, 1.165) is 16.6 Å². The molecule has 0 radical (unpaired) electrons. The van der Waals surface area contributed by atoms with Gasteiger partial charge in [0.1, 0.15) is 0 Å². The van der Waals surface area contributed by atoms with Crippen molar-refractivity contribution in [3.8, 4) is 0 Å². The zero-order chi connectivity index (χ0) is 7.68. The molecule has 0 aliphatic heterocycles. The molecule has 3 nitrogen and oxygen atoms in total. The minimum Gasteiger partial charge on any atom is -0.325 e. The van der Waals surface area contributed by atoms with Gasteiger partial charge in [-0.05, 0) is 6.07 Å². The second-order valence-corrected chi connectivity index (χ2v) is 2.42. The number of hydrogen-bond donors (Lipinski definition) is 2. The lowest BCUT2D eigenvalue weighted by Crippen LogP contribution is -1.96. The molecule has 11 heavy (non-hydrogen) atoms. The summed E-state index contributed by atoms with van der Waals surface area (Å²) in [6.45, 7) is 0.490. The van der Waals surface area contributed by atoms with E-state index in [9.17, 15) is 0 Å². The van der Waals surface area contributed by atoms with E-state index >= 15 is 0 Å². The molecule has 1 aromatic heterocycles. The van der Waals surface area contributed by atoms with Gasteiger partial charge in [-0.2, -0.15) is 5.10 Å². The Labute approximate surface area is 64.2 Å². The minimum atomic E-state index is 0.490. The molecule has 3 N–H and O–H groups in total. The molecule has 56 valence electrons. The number of para-hydroxylation sites is 1. The Bertz CT molecular complexity index is 364. The van der Waals surface area contributed by atoms with Crippen molar-refractivity contribution in [3.05, 3.63) is 30.0 Å². The van der Waals surface area contributed by atoms with Crippen molar-refractivity contribution >= 4 is 10.9 Å². The van der Waals surface area contributed by atoms with E-state index in [2.05, 4.69) is 10.2 Å². The summed E-state index contributed by atoms with van der Waals surface area (Å²) in [5.74, 6) is 0. The van der Waals surface area contributed by atoms with Crippen LogP contribution in [0.3, 0.4) is 0 Å². The maximum absolute atomic E-state index is 5.48. The Morgan fingerprint density at radius 1 is 1.36 bits per heavy atom. The highest BCUT2D eigenvalue weighted by Crippen LogP contribution is 2.13. The molecule has 0 saturated carbocycles. The summed E-state index contributed by atoms with van der Waals surface area (Å²) in [4.78, 5) is 0. The van der Waals surface area contributed by atoms with Gasteiger partial charge < -0.3 is 5.73 Å². The summed E-state index contributed by atoms with van der Waals surface area (Å²) < 4.78 is 0. The third-order valence-electron chi connectivity index (χ3n) is 1.74. The molecule has 2 rings (SSSR count). The number of fused-ring (bicyclic) bond motifs is 1. The normalized spacial score (nSPS) is 10.6. The second kappa shape index (κ2) is 2.36. The molecule has 0 fully saturated rings. The zero-order valence-electron chi connectivity index (χ0n) is 6.04. The molecule has 0 saturated heterocycles. The number of nitrogens with two attached hydrogens (primary N) is 1. The summed E-state index contributed by atoms with van der Waals surface area (Å²) >= 11 is 0. The lowest BCUT2D eigenvalue weighted by atomic mass is 10.2. The first-order valence-corrected chi connectivity index (χ1v) is 3.54.